The lowest BCUT2D eigenvalue weighted by Gasteiger charge is -2.60. The maximum absolute atomic E-state index is 12.7. The van der Waals surface area contributed by atoms with Crippen molar-refractivity contribution in [2.45, 2.75) is 64.4 Å². The molecule has 4 saturated carbocycles. The number of amides is 1. The van der Waals surface area contributed by atoms with Gasteiger partial charge in [-0.05, 0) is 93.9 Å². The van der Waals surface area contributed by atoms with E-state index in [1.165, 1.54) is 12.1 Å². The smallest absolute Gasteiger partial charge is 0.224 e. The maximum atomic E-state index is 12.7. The summed E-state index contributed by atoms with van der Waals surface area (Å²) >= 11 is 0. The third-order valence-corrected chi connectivity index (χ3v) is 6.97. The van der Waals surface area contributed by atoms with Crippen molar-refractivity contribution >= 4 is 17.3 Å². The number of aliphatic hydroxyl groups is 1. The Hall–Kier alpha value is -1.55. The van der Waals surface area contributed by atoms with Crippen molar-refractivity contribution in [3.63, 3.8) is 0 Å². The molecule has 0 aliphatic heterocycles. The van der Waals surface area contributed by atoms with Gasteiger partial charge in [0.25, 0.3) is 0 Å². The number of carbonyl (C=O) groups excluding carboxylic acids is 1. The first-order chi connectivity index (χ1) is 12.4. The van der Waals surface area contributed by atoms with Gasteiger partial charge in [-0.2, -0.15) is 0 Å². The molecular weight excluding hydrogens is 324 g/mol. The molecule has 0 aromatic heterocycles. The third kappa shape index (κ3) is 3.36. The van der Waals surface area contributed by atoms with E-state index in [0.717, 1.165) is 50.9 Å². The normalized spacial score (nSPS) is 34.7. The fourth-order valence-electron chi connectivity index (χ4n) is 6.50. The Balaban J connectivity index is 1.40. The Bertz CT molecular complexity index is 651. The zero-order valence-electron chi connectivity index (χ0n) is 16.1. The molecule has 0 saturated heterocycles. The summed E-state index contributed by atoms with van der Waals surface area (Å²) < 4.78 is 0. The summed E-state index contributed by atoms with van der Waals surface area (Å²) in [5.41, 5.74) is 1.60. The standard InChI is InChI=1S/C22H32N2O2/c1-3-24(4-2)19-7-5-18(6-8-19)23-20(25)14-21-10-16-9-17(11-21)13-22(26,12-16)15-21/h5-8,16-17,26H,3-4,9-15H2,1-2H3,(H,23,25). The number of benzene rings is 1. The molecule has 0 heterocycles. The van der Waals surface area contributed by atoms with Crippen LogP contribution in [0.3, 0.4) is 0 Å². The minimum Gasteiger partial charge on any atom is -0.390 e. The summed E-state index contributed by atoms with van der Waals surface area (Å²) in [6, 6.07) is 8.16. The Kier molecular flexibility index (Phi) is 4.50. The summed E-state index contributed by atoms with van der Waals surface area (Å²) in [7, 11) is 0. The second-order valence-electron chi connectivity index (χ2n) is 9.13. The molecular formula is C22H32N2O2. The van der Waals surface area contributed by atoms with E-state index in [4.69, 9.17) is 0 Å². The first-order valence-electron chi connectivity index (χ1n) is 10.3. The van der Waals surface area contributed by atoms with E-state index in [0.29, 0.717) is 18.3 Å². The molecule has 1 aromatic carbocycles. The molecule has 1 amide bonds. The molecule has 4 fully saturated rings. The average molecular weight is 357 g/mol. The molecule has 4 nitrogen and oxygen atoms in total. The topological polar surface area (TPSA) is 52.6 Å². The molecule has 4 aliphatic rings. The Morgan fingerprint density at radius 2 is 1.73 bits per heavy atom. The number of rotatable bonds is 6. The zero-order valence-corrected chi connectivity index (χ0v) is 16.1. The van der Waals surface area contributed by atoms with Crippen LogP contribution in [0.1, 0.15) is 58.8 Å². The van der Waals surface area contributed by atoms with Crippen LogP contribution in [0.25, 0.3) is 0 Å². The highest BCUT2D eigenvalue weighted by atomic mass is 16.3. The predicted molar refractivity (Wildman–Crippen MR) is 105 cm³/mol. The van der Waals surface area contributed by atoms with Gasteiger partial charge >= 0.3 is 0 Å². The minimum atomic E-state index is -0.490. The highest BCUT2D eigenvalue weighted by Crippen LogP contribution is 2.62. The molecule has 0 radical (unpaired) electrons. The van der Waals surface area contributed by atoms with Gasteiger partial charge in [0.15, 0.2) is 0 Å². The Morgan fingerprint density at radius 1 is 1.12 bits per heavy atom. The number of nitrogens with zero attached hydrogens (tertiary/aromatic N) is 1. The lowest BCUT2D eigenvalue weighted by Crippen LogP contribution is -2.56. The Labute approximate surface area is 157 Å². The fraction of sp³-hybridized carbons (Fsp3) is 0.682. The van der Waals surface area contributed by atoms with E-state index < -0.39 is 5.60 Å². The van der Waals surface area contributed by atoms with Crippen molar-refractivity contribution in [1.82, 2.24) is 0 Å². The van der Waals surface area contributed by atoms with E-state index in [1.807, 2.05) is 12.1 Å². The van der Waals surface area contributed by atoms with Crippen LogP contribution < -0.4 is 10.2 Å². The Morgan fingerprint density at radius 3 is 2.27 bits per heavy atom. The van der Waals surface area contributed by atoms with Gasteiger partial charge in [0.05, 0.1) is 5.60 Å². The van der Waals surface area contributed by atoms with Crippen molar-refractivity contribution in [2.24, 2.45) is 17.3 Å². The van der Waals surface area contributed by atoms with Crippen molar-refractivity contribution in [2.75, 3.05) is 23.3 Å². The number of hydrogen-bond acceptors (Lipinski definition) is 3. The molecule has 4 heteroatoms. The van der Waals surface area contributed by atoms with Crippen LogP contribution in [0.5, 0.6) is 0 Å². The SMILES string of the molecule is CCN(CC)c1ccc(NC(=O)CC23CC4CC(CC(O)(C4)C2)C3)cc1. The number of hydrogen-bond donors (Lipinski definition) is 2. The largest absolute Gasteiger partial charge is 0.390 e. The highest BCUT2D eigenvalue weighted by molar-refractivity contribution is 5.91. The lowest BCUT2D eigenvalue weighted by molar-refractivity contribution is -0.167. The molecule has 2 N–H and O–H groups in total. The zero-order chi connectivity index (χ0) is 18.4. The van der Waals surface area contributed by atoms with Crippen molar-refractivity contribution in [1.29, 1.82) is 0 Å². The van der Waals surface area contributed by atoms with E-state index >= 15 is 0 Å². The van der Waals surface area contributed by atoms with Crippen LogP contribution in [-0.4, -0.2) is 29.7 Å². The number of carbonyl (C=O) groups is 1. The second kappa shape index (κ2) is 6.56. The lowest BCUT2D eigenvalue weighted by atomic mass is 9.47. The monoisotopic (exact) mass is 356 g/mol. The number of nitrogens with one attached hydrogen (secondary N) is 1. The second-order valence-corrected chi connectivity index (χ2v) is 9.13. The molecule has 142 valence electrons. The van der Waals surface area contributed by atoms with E-state index in [1.54, 1.807) is 0 Å². The van der Waals surface area contributed by atoms with Crippen LogP contribution >= 0.6 is 0 Å². The van der Waals surface area contributed by atoms with Crippen molar-refractivity contribution in [3.05, 3.63) is 24.3 Å². The molecule has 4 aliphatic carbocycles. The maximum Gasteiger partial charge on any atom is 0.224 e. The first kappa shape index (κ1) is 17.8. The quantitative estimate of drug-likeness (QED) is 0.803. The average Bonchev–Trinajstić information content (AvgIpc) is 2.54. The predicted octanol–water partition coefficient (Wildman–Crippen LogP) is 4.19. The van der Waals surface area contributed by atoms with Gasteiger partial charge in [0.2, 0.25) is 5.91 Å². The van der Waals surface area contributed by atoms with Crippen molar-refractivity contribution in [3.8, 4) is 0 Å². The van der Waals surface area contributed by atoms with Gasteiger partial charge in [-0.15, -0.1) is 0 Å². The molecule has 0 spiro atoms. The van der Waals surface area contributed by atoms with Gasteiger partial charge in [-0.1, -0.05) is 0 Å². The van der Waals surface area contributed by atoms with E-state index in [9.17, 15) is 9.90 Å². The number of anilines is 2. The van der Waals surface area contributed by atoms with Crippen LogP contribution in [-0.2, 0) is 4.79 Å². The summed E-state index contributed by atoms with van der Waals surface area (Å²) in [6.07, 6.45) is 6.81. The van der Waals surface area contributed by atoms with Crippen LogP contribution in [0.15, 0.2) is 24.3 Å². The van der Waals surface area contributed by atoms with Crippen LogP contribution in [0.2, 0.25) is 0 Å². The first-order valence-corrected chi connectivity index (χ1v) is 10.3. The summed E-state index contributed by atoms with van der Waals surface area (Å²) in [5.74, 6) is 1.36. The van der Waals surface area contributed by atoms with Gasteiger partial charge in [-0.25, -0.2) is 0 Å². The summed E-state index contributed by atoms with van der Waals surface area (Å²) in [5, 5.41) is 14.0. The molecule has 26 heavy (non-hydrogen) atoms. The van der Waals surface area contributed by atoms with Gasteiger partial charge in [-0.3, -0.25) is 4.79 Å². The van der Waals surface area contributed by atoms with E-state index in [2.05, 4.69) is 36.2 Å². The molecule has 4 bridgehead atoms. The van der Waals surface area contributed by atoms with Gasteiger partial charge < -0.3 is 15.3 Å². The van der Waals surface area contributed by atoms with Gasteiger partial charge in [0.1, 0.15) is 0 Å². The van der Waals surface area contributed by atoms with E-state index in [-0.39, 0.29) is 11.3 Å². The van der Waals surface area contributed by atoms with Gasteiger partial charge in [0, 0.05) is 30.9 Å². The fourth-order valence-corrected chi connectivity index (χ4v) is 6.50. The van der Waals surface area contributed by atoms with Crippen molar-refractivity contribution < 1.29 is 9.90 Å². The minimum absolute atomic E-state index is 0.0318. The molecule has 2 unspecified atom stereocenters. The summed E-state index contributed by atoms with van der Waals surface area (Å²) in [4.78, 5) is 15.0. The third-order valence-electron chi connectivity index (χ3n) is 6.97. The van der Waals surface area contributed by atoms with Crippen LogP contribution in [0.4, 0.5) is 11.4 Å². The summed E-state index contributed by atoms with van der Waals surface area (Å²) in [6.45, 7) is 6.27. The van der Waals surface area contributed by atoms with Crippen LogP contribution in [0, 0.1) is 17.3 Å². The molecule has 5 rings (SSSR count). The molecule has 2 atom stereocenters. The highest BCUT2D eigenvalue weighted by Gasteiger charge is 2.57. The molecule has 1 aromatic rings.